The summed E-state index contributed by atoms with van der Waals surface area (Å²) in [6, 6.07) is 1.19. The standard InChI is InChI=1S/C7H6BrClFN/c1-3-6(8)4(9)2-5(10)7(3)11/h2H,11H2,1H3. The molecular weight excluding hydrogens is 232 g/mol. The van der Waals surface area contributed by atoms with E-state index >= 15 is 0 Å². The van der Waals surface area contributed by atoms with Crippen molar-refractivity contribution in [2.75, 3.05) is 5.73 Å². The molecule has 0 radical (unpaired) electrons. The second-order valence-corrected chi connectivity index (χ2v) is 3.39. The Balaban J connectivity index is 3.46. The molecule has 60 valence electrons. The molecule has 0 fully saturated rings. The quantitative estimate of drug-likeness (QED) is 0.545. The molecule has 0 aliphatic rings. The Morgan fingerprint density at radius 1 is 1.64 bits per heavy atom. The van der Waals surface area contributed by atoms with Gasteiger partial charge in [0.1, 0.15) is 5.82 Å². The van der Waals surface area contributed by atoms with Gasteiger partial charge in [-0.15, -0.1) is 0 Å². The average Bonchev–Trinajstić information content (AvgIpc) is 1.97. The average molecular weight is 238 g/mol. The molecule has 0 saturated heterocycles. The number of hydrogen-bond donors (Lipinski definition) is 1. The molecule has 0 heterocycles. The number of benzene rings is 1. The van der Waals surface area contributed by atoms with E-state index in [1.807, 2.05) is 0 Å². The lowest BCUT2D eigenvalue weighted by molar-refractivity contribution is 0.631. The van der Waals surface area contributed by atoms with Gasteiger partial charge in [-0.3, -0.25) is 0 Å². The summed E-state index contributed by atoms with van der Waals surface area (Å²) in [7, 11) is 0. The van der Waals surface area contributed by atoms with Gasteiger partial charge in [0.05, 0.1) is 10.7 Å². The van der Waals surface area contributed by atoms with Crippen molar-refractivity contribution in [3.8, 4) is 0 Å². The van der Waals surface area contributed by atoms with Crippen LogP contribution in [0.4, 0.5) is 10.1 Å². The van der Waals surface area contributed by atoms with E-state index in [0.717, 1.165) is 0 Å². The van der Waals surface area contributed by atoms with Crippen LogP contribution in [0, 0.1) is 12.7 Å². The van der Waals surface area contributed by atoms with Gasteiger partial charge in [-0.2, -0.15) is 0 Å². The highest BCUT2D eigenvalue weighted by Crippen LogP contribution is 2.31. The second kappa shape index (κ2) is 2.99. The van der Waals surface area contributed by atoms with Crippen molar-refractivity contribution in [2.24, 2.45) is 0 Å². The van der Waals surface area contributed by atoms with Crippen LogP contribution >= 0.6 is 27.5 Å². The van der Waals surface area contributed by atoms with Gasteiger partial charge in [0.25, 0.3) is 0 Å². The van der Waals surface area contributed by atoms with E-state index in [9.17, 15) is 4.39 Å². The molecular formula is C7H6BrClFN. The SMILES string of the molecule is Cc1c(N)c(F)cc(Cl)c1Br. The van der Waals surface area contributed by atoms with Gasteiger partial charge >= 0.3 is 0 Å². The lowest BCUT2D eigenvalue weighted by atomic mass is 10.2. The Kier molecular flexibility index (Phi) is 2.40. The van der Waals surface area contributed by atoms with E-state index in [1.54, 1.807) is 6.92 Å². The predicted octanol–water partition coefficient (Wildman–Crippen LogP) is 3.13. The van der Waals surface area contributed by atoms with Crippen LogP contribution in [-0.2, 0) is 0 Å². The molecule has 0 spiro atoms. The molecule has 0 saturated carbocycles. The maximum Gasteiger partial charge on any atom is 0.147 e. The number of rotatable bonds is 0. The molecule has 0 unspecified atom stereocenters. The lowest BCUT2D eigenvalue weighted by Crippen LogP contribution is -1.95. The van der Waals surface area contributed by atoms with Gasteiger partial charge in [-0.1, -0.05) is 11.6 Å². The highest BCUT2D eigenvalue weighted by atomic mass is 79.9. The summed E-state index contributed by atoms with van der Waals surface area (Å²) >= 11 is 8.83. The monoisotopic (exact) mass is 237 g/mol. The van der Waals surface area contributed by atoms with Gasteiger partial charge in [-0.05, 0) is 34.5 Å². The van der Waals surface area contributed by atoms with Crippen molar-refractivity contribution in [2.45, 2.75) is 6.92 Å². The predicted molar refractivity (Wildman–Crippen MR) is 48.3 cm³/mol. The maximum atomic E-state index is 12.8. The van der Waals surface area contributed by atoms with Crippen LogP contribution in [0.5, 0.6) is 0 Å². The molecule has 1 rings (SSSR count). The highest BCUT2D eigenvalue weighted by Gasteiger charge is 2.08. The van der Waals surface area contributed by atoms with Crippen molar-refractivity contribution in [3.63, 3.8) is 0 Å². The van der Waals surface area contributed by atoms with Crippen molar-refractivity contribution in [3.05, 3.63) is 26.9 Å². The molecule has 1 aromatic carbocycles. The first kappa shape index (κ1) is 8.81. The third-order valence-corrected chi connectivity index (χ3v) is 3.00. The second-order valence-electron chi connectivity index (χ2n) is 2.19. The molecule has 4 heteroatoms. The first-order valence-corrected chi connectivity index (χ1v) is 4.10. The van der Waals surface area contributed by atoms with Gasteiger partial charge in [0.2, 0.25) is 0 Å². The Hall–Kier alpha value is -0.280. The Bertz CT molecular complexity index is 275. The Labute approximate surface area is 77.5 Å². The molecule has 0 atom stereocenters. The van der Waals surface area contributed by atoms with Crippen LogP contribution in [0.1, 0.15) is 5.56 Å². The number of nitrogen functional groups attached to an aromatic ring is 1. The summed E-state index contributed by atoms with van der Waals surface area (Å²) in [6.07, 6.45) is 0. The lowest BCUT2D eigenvalue weighted by Gasteiger charge is -2.05. The minimum Gasteiger partial charge on any atom is -0.396 e. The molecule has 11 heavy (non-hydrogen) atoms. The number of halogens is 3. The summed E-state index contributed by atoms with van der Waals surface area (Å²) in [5.41, 5.74) is 6.16. The summed E-state index contributed by atoms with van der Waals surface area (Å²) in [6.45, 7) is 1.70. The van der Waals surface area contributed by atoms with Crippen LogP contribution in [0.15, 0.2) is 10.5 Å². The van der Waals surface area contributed by atoms with E-state index < -0.39 is 5.82 Å². The third kappa shape index (κ3) is 1.49. The molecule has 1 aromatic rings. The Morgan fingerprint density at radius 3 is 2.73 bits per heavy atom. The number of nitrogens with two attached hydrogens (primary N) is 1. The zero-order chi connectivity index (χ0) is 8.59. The highest BCUT2D eigenvalue weighted by molar-refractivity contribution is 9.10. The first-order valence-electron chi connectivity index (χ1n) is 2.93. The van der Waals surface area contributed by atoms with E-state index in [4.69, 9.17) is 17.3 Å². The molecule has 1 nitrogen and oxygen atoms in total. The topological polar surface area (TPSA) is 26.0 Å². The molecule has 0 bridgehead atoms. The summed E-state index contributed by atoms with van der Waals surface area (Å²) < 4.78 is 13.4. The fourth-order valence-corrected chi connectivity index (χ4v) is 1.29. The van der Waals surface area contributed by atoms with Crippen molar-refractivity contribution in [1.29, 1.82) is 0 Å². The van der Waals surface area contributed by atoms with Gasteiger partial charge in [0.15, 0.2) is 0 Å². The van der Waals surface area contributed by atoms with Gasteiger partial charge < -0.3 is 5.73 Å². The third-order valence-electron chi connectivity index (χ3n) is 1.45. The summed E-state index contributed by atoms with van der Waals surface area (Å²) in [4.78, 5) is 0. The van der Waals surface area contributed by atoms with Gasteiger partial charge in [0, 0.05) is 4.47 Å². The minimum absolute atomic E-state index is 0.140. The van der Waals surface area contributed by atoms with E-state index in [0.29, 0.717) is 15.1 Å². The van der Waals surface area contributed by atoms with Crippen LogP contribution in [-0.4, -0.2) is 0 Å². The molecule has 0 amide bonds. The smallest absolute Gasteiger partial charge is 0.147 e. The molecule has 0 aliphatic carbocycles. The van der Waals surface area contributed by atoms with E-state index in [-0.39, 0.29) is 5.69 Å². The van der Waals surface area contributed by atoms with Crippen LogP contribution in [0.2, 0.25) is 5.02 Å². The molecule has 0 aromatic heterocycles. The summed E-state index contributed by atoms with van der Waals surface area (Å²) in [5.74, 6) is -0.476. The van der Waals surface area contributed by atoms with Crippen LogP contribution in [0.25, 0.3) is 0 Å². The number of hydrogen-bond acceptors (Lipinski definition) is 1. The molecule has 0 aliphatic heterocycles. The summed E-state index contributed by atoms with van der Waals surface area (Å²) in [5, 5.41) is 0.342. The van der Waals surface area contributed by atoms with Crippen molar-refractivity contribution in [1.82, 2.24) is 0 Å². The van der Waals surface area contributed by atoms with Crippen molar-refractivity contribution >= 4 is 33.2 Å². The zero-order valence-corrected chi connectivity index (χ0v) is 8.13. The normalized spacial score (nSPS) is 10.2. The largest absolute Gasteiger partial charge is 0.396 e. The zero-order valence-electron chi connectivity index (χ0n) is 5.79. The van der Waals surface area contributed by atoms with Gasteiger partial charge in [-0.25, -0.2) is 4.39 Å². The first-order chi connectivity index (χ1) is 5.04. The van der Waals surface area contributed by atoms with Crippen molar-refractivity contribution < 1.29 is 4.39 Å². The molecule has 2 N–H and O–H groups in total. The van der Waals surface area contributed by atoms with Crippen LogP contribution in [0.3, 0.4) is 0 Å². The van der Waals surface area contributed by atoms with Crippen LogP contribution < -0.4 is 5.73 Å². The number of anilines is 1. The van der Waals surface area contributed by atoms with E-state index in [1.165, 1.54) is 6.07 Å². The maximum absolute atomic E-state index is 12.8. The minimum atomic E-state index is -0.476. The fourth-order valence-electron chi connectivity index (χ4n) is 0.729. The Morgan fingerprint density at radius 2 is 2.18 bits per heavy atom. The van der Waals surface area contributed by atoms with E-state index in [2.05, 4.69) is 15.9 Å². The fraction of sp³-hybridized carbons (Fsp3) is 0.143.